The average Bonchev–Trinajstić information content (AvgIpc) is 3.50. The Morgan fingerprint density at radius 1 is 0.786 bits per heavy atom. The Balaban J connectivity index is 1.71. The lowest BCUT2D eigenvalue weighted by molar-refractivity contribution is 0.629. The third-order valence-electron chi connectivity index (χ3n) is 6.68. The molecule has 5 rings (SSSR count). The minimum absolute atomic E-state index is 0.212. The lowest BCUT2D eigenvalue weighted by Gasteiger charge is -2.24. The van der Waals surface area contributed by atoms with E-state index < -0.39 is 0 Å². The number of rotatable bonds is 4. The largest absolute Gasteiger partial charge is 0.299 e. The van der Waals surface area contributed by atoms with Crippen LogP contribution in [0.5, 0.6) is 0 Å². The molecular formula is C25H27FN2. The molecule has 0 bridgehead atoms. The molecule has 2 saturated carbocycles. The van der Waals surface area contributed by atoms with Crippen molar-refractivity contribution in [2.75, 3.05) is 0 Å². The van der Waals surface area contributed by atoms with Crippen molar-refractivity contribution in [2.24, 2.45) is 0 Å². The maximum atomic E-state index is 14.6. The van der Waals surface area contributed by atoms with Gasteiger partial charge in [-0.3, -0.25) is 4.57 Å². The van der Waals surface area contributed by atoms with Gasteiger partial charge in [0.15, 0.2) is 0 Å². The number of aromatic nitrogens is 2. The molecule has 0 saturated heterocycles. The van der Waals surface area contributed by atoms with Gasteiger partial charge in [0.05, 0.1) is 11.3 Å². The Kier molecular flexibility index (Phi) is 4.76. The highest BCUT2D eigenvalue weighted by Crippen LogP contribution is 2.44. The quantitative estimate of drug-likeness (QED) is 0.481. The SMILES string of the molecule is Fc1ccccc1-c1nccn1-c1c(C2CCCC2)cccc1C1CCCC1. The van der Waals surface area contributed by atoms with E-state index in [0.717, 1.165) is 0 Å². The minimum atomic E-state index is -0.212. The number of imidazole rings is 1. The van der Waals surface area contributed by atoms with Crippen molar-refractivity contribution in [3.8, 4) is 17.1 Å². The van der Waals surface area contributed by atoms with Gasteiger partial charge in [0.1, 0.15) is 11.6 Å². The van der Waals surface area contributed by atoms with Crippen molar-refractivity contribution < 1.29 is 4.39 Å². The molecule has 0 radical (unpaired) electrons. The summed E-state index contributed by atoms with van der Waals surface area (Å²) in [5, 5.41) is 0. The van der Waals surface area contributed by atoms with Crippen LogP contribution in [0.15, 0.2) is 54.9 Å². The van der Waals surface area contributed by atoms with Gasteiger partial charge in [-0.15, -0.1) is 0 Å². The molecule has 2 fully saturated rings. The molecule has 1 heterocycles. The summed E-state index contributed by atoms with van der Waals surface area (Å²) >= 11 is 0. The van der Waals surface area contributed by atoms with Crippen LogP contribution in [-0.2, 0) is 0 Å². The van der Waals surface area contributed by atoms with Gasteiger partial charge >= 0.3 is 0 Å². The average molecular weight is 375 g/mol. The van der Waals surface area contributed by atoms with Gasteiger partial charge in [0.2, 0.25) is 0 Å². The van der Waals surface area contributed by atoms with Gasteiger partial charge < -0.3 is 0 Å². The summed E-state index contributed by atoms with van der Waals surface area (Å²) in [6, 6.07) is 13.8. The second-order valence-electron chi connectivity index (χ2n) is 8.35. The van der Waals surface area contributed by atoms with Crippen molar-refractivity contribution in [3.05, 3.63) is 71.8 Å². The molecule has 0 aliphatic heterocycles. The van der Waals surface area contributed by atoms with E-state index in [0.29, 0.717) is 23.2 Å². The molecule has 28 heavy (non-hydrogen) atoms. The smallest absolute Gasteiger partial charge is 0.147 e. The van der Waals surface area contributed by atoms with Gasteiger partial charge in [-0.05, 0) is 60.8 Å². The monoisotopic (exact) mass is 374 g/mol. The van der Waals surface area contributed by atoms with Crippen LogP contribution in [-0.4, -0.2) is 9.55 Å². The number of hydrogen-bond donors (Lipinski definition) is 0. The molecule has 0 unspecified atom stereocenters. The lowest BCUT2D eigenvalue weighted by Crippen LogP contribution is -2.10. The molecule has 1 aromatic heterocycles. The predicted molar refractivity (Wildman–Crippen MR) is 111 cm³/mol. The Hall–Kier alpha value is -2.42. The van der Waals surface area contributed by atoms with E-state index in [2.05, 4.69) is 27.8 Å². The summed E-state index contributed by atoms with van der Waals surface area (Å²) in [5.41, 5.74) is 4.71. The van der Waals surface area contributed by atoms with Crippen LogP contribution >= 0.6 is 0 Å². The molecule has 2 aromatic carbocycles. The third kappa shape index (κ3) is 3.07. The van der Waals surface area contributed by atoms with Crippen molar-refractivity contribution >= 4 is 0 Å². The van der Waals surface area contributed by atoms with E-state index >= 15 is 0 Å². The summed E-state index contributed by atoms with van der Waals surface area (Å²) in [6.07, 6.45) is 14.1. The zero-order valence-corrected chi connectivity index (χ0v) is 16.3. The molecule has 0 amide bonds. The zero-order valence-electron chi connectivity index (χ0n) is 16.3. The van der Waals surface area contributed by atoms with Crippen molar-refractivity contribution in [2.45, 2.75) is 63.2 Å². The van der Waals surface area contributed by atoms with Gasteiger partial charge in [-0.2, -0.15) is 0 Å². The van der Waals surface area contributed by atoms with E-state index in [9.17, 15) is 4.39 Å². The molecule has 2 nitrogen and oxygen atoms in total. The summed E-state index contributed by atoms with van der Waals surface area (Å²) in [5.74, 6) is 1.71. The van der Waals surface area contributed by atoms with Crippen molar-refractivity contribution in [1.82, 2.24) is 9.55 Å². The van der Waals surface area contributed by atoms with E-state index in [-0.39, 0.29) is 5.82 Å². The first-order chi connectivity index (χ1) is 13.8. The molecule has 0 atom stereocenters. The number of nitrogens with zero attached hydrogens (tertiary/aromatic N) is 2. The van der Waals surface area contributed by atoms with Gasteiger partial charge in [-0.25, -0.2) is 9.37 Å². The van der Waals surface area contributed by atoms with Gasteiger partial charge in [0, 0.05) is 12.4 Å². The molecule has 0 N–H and O–H groups in total. The fraction of sp³-hybridized carbons (Fsp3) is 0.400. The fourth-order valence-electron chi connectivity index (χ4n) is 5.32. The second kappa shape index (κ2) is 7.54. The Labute approximate surface area is 166 Å². The van der Waals surface area contributed by atoms with E-state index in [1.165, 1.54) is 74.2 Å². The van der Waals surface area contributed by atoms with Crippen LogP contribution in [0.4, 0.5) is 4.39 Å². The van der Waals surface area contributed by atoms with Gasteiger partial charge in [0.25, 0.3) is 0 Å². The van der Waals surface area contributed by atoms with E-state index in [1.54, 1.807) is 6.07 Å². The zero-order chi connectivity index (χ0) is 18.9. The predicted octanol–water partition coefficient (Wildman–Crippen LogP) is 6.99. The number of hydrogen-bond acceptors (Lipinski definition) is 1. The summed E-state index contributed by atoms with van der Waals surface area (Å²) in [4.78, 5) is 4.58. The van der Waals surface area contributed by atoms with Crippen LogP contribution in [0, 0.1) is 5.82 Å². The van der Waals surface area contributed by atoms with Gasteiger partial charge in [-0.1, -0.05) is 56.0 Å². The van der Waals surface area contributed by atoms with Crippen LogP contribution < -0.4 is 0 Å². The summed E-state index contributed by atoms with van der Waals surface area (Å²) < 4.78 is 16.8. The molecule has 3 aromatic rings. The lowest BCUT2D eigenvalue weighted by atomic mass is 9.88. The van der Waals surface area contributed by atoms with Crippen LogP contribution in [0.2, 0.25) is 0 Å². The topological polar surface area (TPSA) is 17.8 Å². The molecule has 0 spiro atoms. The maximum Gasteiger partial charge on any atom is 0.147 e. The minimum Gasteiger partial charge on any atom is -0.299 e. The first kappa shape index (κ1) is 17.7. The van der Waals surface area contributed by atoms with Crippen LogP contribution in [0.1, 0.15) is 74.3 Å². The highest BCUT2D eigenvalue weighted by atomic mass is 19.1. The molecule has 2 aliphatic rings. The standard InChI is InChI=1S/C25H27FN2/c26-23-15-6-5-12-22(23)25-27-16-17-28(25)24-20(18-8-1-2-9-18)13-7-14-21(24)19-10-3-4-11-19/h5-7,12-19H,1-4,8-11H2. The summed E-state index contributed by atoms with van der Waals surface area (Å²) in [7, 11) is 0. The Morgan fingerprint density at radius 3 is 2.00 bits per heavy atom. The van der Waals surface area contributed by atoms with Crippen molar-refractivity contribution in [1.29, 1.82) is 0 Å². The maximum absolute atomic E-state index is 14.6. The number of benzene rings is 2. The Bertz CT molecular complexity index is 928. The van der Waals surface area contributed by atoms with E-state index in [1.807, 2.05) is 24.5 Å². The van der Waals surface area contributed by atoms with Crippen LogP contribution in [0.25, 0.3) is 17.1 Å². The first-order valence-electron chi connectivity index (χ1n) is 10.7. The second-order valence-corrected chi connectivity index (χ2v) is 8.35. The molecule has 144 valence electrons. The third-order valence-corrected chi connectivity index (χ3v) is 6.68. The number of para-hydroxylation sites is 1. The normalized spacial score (nSPS) is 18.2. The molecule has 2 aliphatic carbocycles. The Morgan fingerprint density at radius 2 is 1.39 bits per heavy atom. The van der Waals surface area contributed by atoms with Crippen molar-refractivity contribution in [3.63, 3.8) is 0 Å². The number of halogens is 1. The molecular weight excluding hydrogens is 347 g/mol. The molecule has 3 heteroatoms. The highest BCUT2D eigenvalue weighted by Gasteiger charge is 2.28. The summed E-state index contributed by atoms with van der Waals surface area (Å²) in [6.45, 7) is 0. The van der Waals surface area contributed by atoms with Crippen LogP contribution in [0.3, 0.4) is 0 Å². The highest BCUT2D eigenvalue weighted by molar-refractivity contribution is 5.63. The van der Waals surface area contributed by atoms with E-state index in [4.69, 9.17) is 0 Å². The first-order valence-corrected chi connectivity index (χ1v) is 10.7. The fourth-order valence-corrected chi connectivity index (χ4v) is 5.32.